The molecular formula is C13H19N5O2. The zero-order valence-corrected chi connectivity index (χ0v) is 12.0. The molecule has 7 nitrogen and oxygen atoms in total. The first-order chi connectivity index (χ1) is 9.56. The molecule has 2 heterocycles. The second-order valence-corrected chi connectivity index (χ2v) is 4.76. The zero-order chi connectivity index (χ0) is 14.7. The van der Waals surface area contributed by atoms with Crippen molar-refractivity contribution in [2.24, 2.45) is 7.05 Å². The van der Waals surface area contributed by atoms with Crippen LogP contribution in [0.25, 0.3) is 11.0 Å². The highest BCUT2D eigenvalue weighted by Gasteiger charge is 2.12. The molecule has 0 saturated carbocycles. The molecule has 20 heavy (non-hydrogen) atoms. The average molecular weight is 277 g/mol. The van der Waals surface area contributed by atoms with Gasteiger partial charge >= 0.3 is 0 Å². The number of aryl methyl sites for hydroxylation is 1. The Balaban J connectivity index is 2.20. The van der Waals surface area contributed by atoms with Gasteiger partial charge in [0.2, 0.25) is 5.91 Å². The van der Waals surface area contributed by atoms with Crippen LogP contribution >= 0.6 is 0 Å². The van der Waals surface area contributed by atoms with Crippen molar-refractivity contribution in [1.82, 2.24) is 24.6 Å². The van der Waals surface area contributed by atoms with Crippen molar-refractivity contribution in [3.63, 3.8) is 0 Å². The molecule has 2 aromatic rings. The van der Waals surface area contributed by atoms with Gasteiger partial charge in [-0.05, 0) is 12.8 Å². The number of nitrogens with one attached hydrogen (secondary N) is 1. The van der Waals surface area contributed by atoms with E-state index in [0.29, 0.717) is 11.0 Å². The molecule has 1 amide bonds. The molecule has 2 rings (SSSR count). The summed E-state index contributed by atoms with van der Waals surface area (Å²) in [6.45, 7) is 4.01. The zero-order valence-electron chi connectivity index (χ0n) is 12.0. The summed E-state index contributed by atoms with van der Waals surface area (Å²) in [6.07, 6.45) is 4.60. The minimum Gasteiger partial charge on any atom is -0.352 e. The number of carbonyl (C=O) groups excluding carboxylic acids is 1. The van der Waals surface area contributed by atoms with Gasteiger partial charge in [-0.15, -0.1) is 0 Å². The Morgan fingerprint density at radius 1 is 1.40 bits per heavy atom. The topological polar surface area (TPSA) is 81.8 Å². The van der Waals surface area contributed by atoms with Crippen molar-refractivity contribution in [2.75, 3.05) is 0 Å². The van der Waals surface area contributed by atoms with Crippen molar-refractivity contribution in [2.45, 2.75) is 39.3 Å². The lowest BCUT2D eigenvalue weighted by Crippen LogP contribution is -2.38. The van der Waals surface area contributed by atoms with Crippen LogP contribution in [0.3, 0.4) is 0 Å². The van der Waals surface area contributed by atoms with Gasteiger partial charge in [0.05, 0.1) is 6.20 Å². The number of nitrogens with zero attached hydrogens (tertiary/aromatic N) is 4. The Kier molecular flexibility index (Phi) is 4.16. The lowest BCUT2D eigenvalue weighted by molar-refractivity contribution is -0.122. The fourth-order valence-corrected chi connectivity index (χ4v) is 2.10. The van der Waals surface area contributed by atoms with E-state index in [2.05, 4.69) is 15.4 Å². The summed E-state index contributed by atoms with van der Waals surface area (Å²) in [4.78, 5) is 28.3. The standard InChI is InChI=1S/C13H19N5O2/c1-4-9(5-2)16-11(19)7-18-8-14-12-10(13(18)20)6-15-17(12)3/h6,8-9H,4-5,7H2,1-3H3,(H,16,19). The quantitative estimate of drug-likeness (QED) is 0.859. The Hall–Kier alpha value is -2.18. The highest BCUT2D eigenvalue weighted by Crippen LogP contribution is 2.03. The van der Waals surface area contributed by atoms with Crippen molar-refractivity contribution >= 4 is 16.9 Å². The summed E-state index contributed by atoms with van der Waals surface area (Å²) < 4.78 is 2.84. The molecule has 0 unspecified atom stereocenters. The second kappa shape index (κ2) is 5.85. The molecule has 0 aromatic carbocycles. The van der Waals surface area contributed by atoms with Crippen LogP contribution in [0.2, 0.25) is 0 Å². The lowest BCUT2D eigenvalue weighted by atomic mass is 10.2. The highest BCUT2D eigenvalue weighted by molar-refractivity contribution is 5.77. The minimum atomic E-state index is -0.247. The van der Waals surface area contributed by atoms with Crippen LogP contribution in [0, 0.1) is 0 Å². The summed E-state index contributed by atoms with van der Waals surface area (Å²) in [5.41, 5.74) is 0.273. The first kappa shape index (κ1) is 14.2. The van der Waals surface area contributed by atoms with E-state index < -0.39 is 0 Å². The molecule has 2 aromatic heterocycles. The van der Waals surface area contributed by atoms with Gasteiger partial charge in [-0.2, -0.15) is 5.10 Å². The van der Waals surface area contributed by atoms with Crippen molar-refractivity contribution in [3.8, 4) is 0 Å². The fraction of sp³-hybridized carbons (Fsp3) is 0.538. The maximum atomic E-state index is 12.2. The van der Waals surface area contributed by atoms with Gasteiger partial charge < -0.3 is 5.32 Å². The third-order valence-electron chi connectivity index (χ3n) is 3.38. The van der Waals surface area contributed by atoms with Gasteiger partial charge in [0, 0.05) is 13.1 Å². The molecule has 0 fully saturated rings. The van der Waals surface area contributed by atoms with Crippen LogP contribution in [0.4, 0.5) is 0 Å². The predicted octanol–water partition coefficient (Wildman–Crippen LogP) is 0.435. The fourth-order valence-electron chi connectivity index (χ4n) is 2.10. The Morgan fingerprint density at radius 3 is 2.75 bits per heavy atom. The van der Waals surface area contributed by atoms with Gasteiger partial charge in [0.25, 0.3) is 5.56 Å². The summed E-state index contributed by atoms with van der Waals surface area (Å²) in [6, 6.07) is 0.147. The van der Waals surface area contributed by atoms with E-state index in [0.717, 1.165) is 12.8 Å². The molecule has 108 valence electrons. The van der Waals surface area contributed by atoms with Crippen LogP contribution in [0.5, 0.6) is 0 Å². The van der Waals surface area contributed by atoms with Crippen molar-refractivity contribution in [3.05, 3.63) is 22.9 Å². The molecule has 0 aliphatic rings. The van der Waals surface area contributed by atoms with Gasteiger partial charge in [-0.3, -0.25) is 18.8 Å². The van der Waals surface area contributed by atoms with Crippen LogP contribution in [-0.4, -0.2) is 31.3 Å². The van der Waals surface area contributed by atoms with Gasteiger partial charge in [-0.1, -0.05) is 13.8 Å². The van der Waals surface area contributed by atoms with Gasteiger partial charge in [0.15, 0.2) is 5.65 Å². The summed E-state index contributed by atoms with van der Waals surface area (Å²) in [5.74, 6) is -0.175. The van der Waals surface area contributed by atoms with E-state index >= 15 is 0 Å². The van der Waals surface area contributed by atoms with E-state index in [1.165, 1.54) is 21.8 Å². The van der Waals surface area contributed by atoms with E-state index in [1.54, 1.807) is 7.05 Å². The SMILES string of the molecule is CCC(CC)NC(=O)Cn1cnc2c(cnn2C)c1=O. The molecule has 0 saturated heterocycles. The van der Waals surface area contributed by atoms with E-state index in [9.17, 15) is 9.59 Å². The maximum Gasteiger partial charge on any atom is 0.264 e. The molecular weight excluding hydrogens is 258 g/mol. The van der Waals surface area contributed by atoms with Crippen LogP contribution < -0.4 is 10.9 Å². The number of hydrogen-bond acceptors (Lipinski definition) is 4. The number of rotatable bonds is 5. The number of hydrogen-bond donors (Lipinski definition) is 1. The van der Waals surface area contributed by atoms with Crippen molar-refractivity contribution in [1.29, 1.82) is 0 Å². The normalized spacial score (nSPS) is 11.2. The largest absolute Gasteiger partial charge is 0.352 e. The van der Waals surface area contributed by atoms with Crippen LogP contribution in [0.15, 0.2) is 17.3 Å². The molecule has 1 N–H and O–H groups in total. The highest BCUT2D eigenvalue weighted by atomic mass is 16.2. The number of aromatic nitrogens is 4. The molecule has 0 aliphatic carbocycles. The molecule has 0 aliphatic heterocycles. The average Bonchev–Trinajstić information content (AvgIpc) is 2.81. The molecule has 0 bridgehead atoms. The summed E-state index contributed by atoms with van der Waals surface area (Å²) in [7, 11) is 1.72. The number of fused-ring (bicyclic) bond motifs is 1. The molecule has 0 spiro atoms. The Bertz CT molecular complexity index is 669. The maximum absolute atomic E-state index is 12.2. The first-order valence-corrected chi connectivity index (χ1v) is 6.73. The lowest BCUT2D eigenvalue weighted by Gasteiger charge is -2.15. The third kappa shape index (κ3) is 2.71. The Morgan fingerprint density at radius 2 is 2.10 bits per heavy atom. The monoisotopic (exact) mass is 277 g/mol. The molecule has 0 atom stereocenters. The van der Waals surface area contributed by atoms with E-state index in [-0.39, 0.29) is 24.1 Å². The van der Waals surface area contributed by atoms with E-state index in [1.807, 2.05) is 13.8 Å². The smallest absolute Gasteiger partial charge is 0.264 e. The third-order valence-corrected chi connectivity index (χ3v) is 3.38. The number of carbonyl (C=O) groups is 1. The Labute approximate surface area is 116 Å². The van der Waals surface area contributed by atoms with Crippen molar-refractivity contribution < 1.29 is 4.79 Å². The van der Waals surface area contributed by atoms with Crippen LogP contribution in [-0.2, 0) is 18.4 Å². The van der Waals surface area contributed by atoms with Crippen LogP contribution in [0.1, 0.15) is 26.7 Å². The minimum absolute atomic E-state index is 0.0207. The molecule has 0 radical (unpaired) electrons. The number of amides is 1. The van der Waals surface area contributed by atoms with Gasteiger partial charge in [-0.25, -0.2) is 4.98 Å². The second-order valence-electron chi connectivity index (χ2n) is 4.76. The summed E-state index contributed by atoms with van der Waals surface area (Å²) in [5, 5.41) is 7.31. The predicted molar refractivity (Wildman–Crippen MR) is 75.3 cm³/mol. The first-order valence-electron chi connectivity index (χ1n) is 6.73. The van der Waals surface area contributed by atoms with E-state index in [4.69, 9.17) is 0 Å². The molecule has 7 heteroatoms. The van der Waals surface area contributed by atoms with Gasteiger partial charge in [0.1, 0.15) is 18.3 Å². The summed E-state index contributed by atoms with van der Waals surface area (Å²) >= 11 is 0.